The number of methoxy groups -OCH3 is 1. The summed E-state index contributed by atoms with van der Waals surface area (Å²) in [6.45, 7) is -0.00213. The number of hydrogen-bond acceptors (Lipinski definition) is 2. The molecule has 1 aromatic rings. The highest BCUT2D eigenvalue weighted by atomic mass is 16.5. The molecule has 0 heterocycles. The van der Waals surface area contributed by atoms with E-state index in [4.69, 9.17) is 9.84 Å². The zero-order chi connectivity index (χ0) is 8.81. The van der Waals surface area contributed by atoms with Gasteiger partial charge in [0.25, 0.3) is 0 Å². The van der Waals surface area contributed by atoms with Crippen LogP contribution in [0, 0.1) is 0 Å². The lowest BCUT2D eigenvalue weighted by Gasteiger charge is -2.02. The van der Waals surface area contributed by atoms with Crippen molar-refractivity contribution in [1.82, 2.24) is 0 Å². The summed E-state index contributed by atoms with van der Waals surface area (Å²) < 4.78 is 4.83. The zero-order valence-corrected chi connectivity index (χ0v) is 7.03. The topological polar surface area (TPSA) is 29.5 Å². The van der Waals surface area contributed by atoms with Gasteiger partial charge >= 0.3 is 0 Å². The number of hydrogen-bond donors (Lipinski definition) is 1. The third-order valence-corrected chi connectivity index (χ3v) is 1.58. The monoisotopic (exact) mass is 164 g/mol. The maximum absolute atomic E-state index is 8.96. The number of ether oxygens (including phenoxy) is 1. The van der Waals surface area contributed by atoms with Crippen LogP contribution in [0.15, 0.2) is 36.6 Å². The molecule has 0 atom stereocenters. The highest BCUT2D eigenvalue weighted by Gasteiger charge is 1.97. The van der Waals surface area contributed by atoms with Crippen LogP contribution in [-0.2, 0) is 4.74 Å². The Bertz CT molecular complexity index is 252. The second-order valence-corrected chi connectivity index (χ2v) is 2.40. The third kappa shape index (κ3) is 2.10. The van der Waals surface area contributed by atoms with Gasteiger partial charge in [-0.05, 0) is 5.56 Å². The van der Waals surface area contributed by atoms with Crippen molar-refractivity contribution >= 4 is 5.57 Å². The lowest BCUT2D eigenvalue weighted by atomic mass is 10.1. The van der Waals surface area contributed by atoms with Crippen molar-refractivity contribution in [3.8, 4) is 0 Å². The molecule has 0 fully saturated rings. The van der Waals surface area contributed by atoms with Gasteiger partial charge in [-0.3, -0.25) is 0 Å². The summed E-state index contributed by atoms with van der Waals surface area (Å²) in [6.07, 6.45) is 1.55. The van der Waals surface area contributed by atoms with Crippen molar-refractivity contribution in [3.05, 3.63) is 42.2 Å². The van der Waals surface area contributed by atoms with Gasteiger partial charge in [-0.1, -0.05) is 30.3 Å². The van der Waals surface area contributed by atoms with Crippen molar-refractivity contribution in [2.45, 2.75) is 0 Å². The average Bonchev–Trinajstić information content (AvgIpc) is 2.15. The molecule has 0 bridgehead atoms. The van der Waals surface area contributed by atoms with E-state index in [0.29, 0.717) is 0 Å². The largest absolute Gasteiger partial charge is 0.504 e. The maximum Gasteiger partial charge on any atom is 0.0885 e. The molecular weight excluding hydrogens is 152 g/mol. The summed E-state index contributed by atoms with van der Waals surface area (Å²) >= 11 is 0. The number of rotatable bonds is 3. The van der Waals surface area contributed by atoms with Gasteiger partial charge in [0.15, 0.2) is 0 Å². The Kier molecular flexibility index (Phi) is 3.35. The van der Waals surface area contributed by atoms with Gasteiger partial charge in [0.2, 0.25) is 0 Å². The SMILES string of the molecule is CO/C=C(/CO)c1ccccc1. The number of aliphatic hydroxyl groups excluding tert-OH is 1. The molecule has 0 amide bonds. The summed E-state index contributed by atoms with van der Waals surface area (Å²) in [5.41, 5.74) is 1.78. The first-order valence-corrected chi connectivity index (χ1v) is 3.76. The Hall–Kier alpha value is -1.28. The molecule has 1 rings (SSSR count). The molecule has 0 aromatic heterocycles. The molecule has 2 nitrogen and oxygen atoms in total. The van der Waals surface area contributed by atoms with Crippen LogP contribution in [0.4, 0.5) is 0 Å². The molecule has 0 saturated carbocycles. The van der Waals surface area contributed by atoms with E-state index < -0.39 is 0 Å². The summed E-state index contributed by atoms with van der Waals surface area (Å²) in [5.74, 6) is 0. The Morgan fingerprint density at radius 2 is 2.08 bits per heavy atom. The minimum Gasteiger partial charge on any atom is -0.504 e. The van der Waals surface area contributed by atoms with E-state index in [2.05, 4.69) is 0 Å². The van der Waals surface area contributed by atoms with E-state index in [1.54, 1.807) is 13.4 Å². The molecule has 12 heavy (non-hydrogen) atoms. The first kappa shape index (κ1) is 8.81. The summed E-state index contributed by atoms with van der Waals surface area (Å²) in [6, 6.07) is 9.65. The van der Waals surface area contributed by atoms with Gasteiger partial charge in [0.1, 0.15) is 0 Å². The number of aliphatic hydroxyl groups is 1. The molecule has 0 aliphatic carbocycles. The average molecular weight is 164 g/mol. The van der Waals surface area contributed by atoms with Gasteiger partial charge in [0.05, 0.1) is 20.0 Å². The minimum atomic E-state index is -0.00213. The van der Waals surface area contributed by atoms with Gasteiger partial charge in [-0.15, -0.1) is 0 Å². The van der Waals surface area contributed by atoms with Crippen molar-refractivity contribution in [2.75, 3.05) is 13.7 Å². The molecule has 0 saturated heterocycles. The highest BCUT2D eigenvalue weighted by molar-refractivity contribution is 5.64. The molecule has 0 aliphatic heterocycles. The lowest BCUT2D eigenvalue weighted by molar-refractivity contribution is 0.321. The van der Waals surface area contributed by atoms with Gasteiger partial charge in [-0.2, -0.15) is 0 Å². The molecule has 0 spiro atoms. The van der Waals surface area contributed by atoms with E-state index in [1.807, 2.05) is 30.3 Å². The van der Waals surface area contributed by atoms with Gasteiger partial charge in [-0.25, -0.2) is 0 Å². The molecule has 2 heteroatoms. The standard InChI is InChI=1S/C10H12O2/c1-12-8-10(7-11)9-5-3-2-4-6-9/h2-6,8,11H,7H2,1H3/b10-8-. The lowest BCUT2D eigenvalue weighted by Crippen LogP contribution is -1.90. The second-order valence-electron chi connectivity index (χ2n) is 2.40. The van der Waals surface area contributed by atoms with Crippen molar-refractivity contribution in [1.29, 1.82) is 0 Å². The van der Waals surface area contributed by atoms with E-state index in [9.17, 15) is 0 Å². The van der Waals surface area contributed by atoms with Crippen LogP contribution in [0.5, 0.6) is 0 Å². The fraction of sp³-hybridized carbons (Fsp3) is 0.200. The Balaban J connectivity index is 2.88. The van der Waals surface area contributed by atoms with Crippen LogP contribution in [0.1, 0.15) is 5.56 Å². The summed E-state index contributed by atoms with van der Waals surface area (Å²) in [4.78, 5) is 0. The van der Waals surface area contributed by atoms with Crippen LogP contribution in [0.25, 0.3) is 5.57 Å². The van der Waals surface area contributed by atoms with E-state index in [0.717, 1.165) is 11.1 Å². The van der Waals surface area contributed by atoms with Gasteiger partial charge in [0, 0.05) is 5.57 Å². The van der Waals surface area contributed by atoms with Crippen LogP contribution in [0.3, 0.4) is 0 Å². The summed E-state index contributed by atoms with van der Waals surface area (Å²) in [7, 11) is 1.57. The second kappa shape index (κ2) is 4.57. The summed E-state index contributed by atoms with van der Waals surface area (Å²) in [5, 5.41) is 8.96. The van der Waals surface area contributed by atoms with E-state index in [-0.39, 0.29) is 6.61 Å². The normalized spacial score (nSPS) is 11.3. The highest BCUT2D eigenvalue weighted by Crippen LogP contribution is 2.12. The van der Waals surface area contributed by atoms with Crippen LogP contribution >= 0.6 is 0 Å². The smallest absolute Gasteiger partial charge is 0.0885 e. The predicted molar refractivity (Wildman–Crippen MR) is 48.5 cm³/mol. The van der Waals surface area contributed by atoms with Crippen molar-refractivity contribution < 1.29 is 9.84 Å². The van der Waals surface area contributed by atoms with Crippen LogP contribution < -0.4 is 0 Å². The van der Waals surface area contributed by atoms with E-state index >= 15 is 0 Å². The Morgan fingerprint density at radius 1 is 1.42 bits per heavy atom. The van der Waals surface area contributed by atoms with Crippen molar-refractivity contribution in [2.24, 2.45) is 0 Å². The minimum absolute atomic E-state index is 0.00213. The molecule has 64 valence electrons. The Labute approximate surface area is 72.1 Å². The fourth-order valence-electron chi connectivity index (χ4n) is 0.991. The Morgan fingerprint density at radius 3 is 2.58 bits per heavy atom. The predicted octanol–water partition coefficient (Wildman–Crippen LogP) is 1.67. The molecule has 0 unspecified atom stereocenters. The van der Waals surface area contributed by atoms with Crippen LogP contribution in [-0.4, -0.2) is 18.8 Å². The molecule has 0 aliphatic rings. The third-order valence-electron chi connectivity index (χ3n) is 1.58. The first-order valence-electron chi connectivity index (χ1n) is 3.76. The zero-order valence-electron chi connectivity index (χ0n) is 7.03. The molecule has 0 radical (unpaired) electrons. The van der Waals surface area contributed by atoms with E-state index in [1.165, 1.54) is 0 Å². The quantitative estimate of drug-likeness (QED) is 0.688. The number of benzene rings is 1. The first-order chi connectivity index (χ1) is 5.88. The fourth-order valence-corrected chi connectivity index (χ4v) is 0.991. The van der Waals surface area contributed by atoms with Crippen molar-refractivity contribution in [3.63, 3.8) is 0 Å². The molecule has 1 N–H and O–H groups in total. The maximum atomic E-state index is 8.96. The molecular formula is C10H12O2. The van der Waals surface area contributed by atoms with Crippen LogP contribution in [0.2, 0.25) is 0 Å². The van der Waals surface area contributed by atoms with Gasteiger partial charge < -0.3 is 9.84 Å². The molecule has 1 aromatic carbocycles.